The molecule has 1 amide bonds. The van der Waals surface area contributed by atoms with Gasteiger partial charge in [0.2, 0.25) is 5.91 Å². The summed E-state index contributed by atoms with van der Waals surface area (Å²) in [6, 6.07) is 17.1. The van der Waals surface area contributed by atoms with Gasteiger partial charge in [-0.15, -0.1) is 0 Å². The molecule has 2 aromatic carbocycles. The van der Waals surface area contributed by atoms with E-state index in [1.807, 2.05) is 55.5 Å². The predicted octanol–water partition coefficient (Wildman–Crippen LogP) is 3.86. The molecule has 5 heteroatoms. The molecule has 1 heterocycles. The topological polar surface area (TPSA) is 66.1 Å². The van der Waals surface area contributed by atoms with Gasteiger partial charge in [-0.05, 0) is 31.0 Å². The molecule has 3 aromatic rings. The standard InChI is InChI=1S/C22H25N3O2/c1-3-10-17(16-11-6-5-7-12-16)22(27)25(4-2)15-20-23-19-14-9-8-13-18(19)21(26)24-20/h5-9,11-14,17H,3-4,10,15H2,1-2H3,(H,23,24,26). The molecule has 0 spiro atoms. The summed E-state index contributed by atoms with van der Waals surface area (Å²) >= 11 is 0. The van der Waals surface area contributed by atoms with E-state index in [1.165, 1.54) is 0 Å². The number of aromatic amines is 1. The quantitative estimate of drug-likeness (QED) is 0.693. The largest absolute Gasteiger partial charge is 0.335 e. The number of hydrogen-bond donors (Lipinski definition) is 1. The highest BCUT2D eigenvalue weighted by Gasteiger charge is 2.25. The summed E-state index contributed by atoms with van der Waals surface area (Å²) in [5, 5.41) is 0.559. The Balaban J connectivity index is 1.87. The molecule has 3 rings (SSSR count). The van der Waals surface area contributed by atoms with Gasteiger partial charge in [-0.25, -0.2) is 4.98 Å². The fourth-order valence-electron chi connectivity index (χ4n) is 3.36. The number of carbonyl (C=O) groups excluding carboxylic acids is 1. The van der Waals surface area contributed by atoms with Crippen molar-refractivity contribution < 1.29 is 4.79 Å². The van der Waals surface area contributed by atoms with Crippen LogP contribution >= 0.6 is 0 Å². The number of fused-ring (bicyclic) bond motifs is 1. The van der Waals surface area contributed by atoms with Gasteiger partial charge in [0, 0.05) is 6.54 Å². The van der Waals surface area contributed by atoms with E-state index >= 15 is 0 Å². The van der Waals surface area contributed by atoms with Crippen LogP contribution in [-0.4, -0.2) is 27.3 Å². The Labute approximate surface area is 159 Å². The molecule has 140 valence electrons. The van der Waals surface area contributed by atoms with Crippen LogP contribution in [-0.2, 0) is 11.3 Å². The van der Waals surface area contributed by atoms with Crippen molar-refractivity contribution in [3.05, 3.63) is 76.3 Å². The molecule has 1 aromatic heterocycles. The Morgan fingerprint density at radius 2 is 1.78 bits per heavy atom. The second-order valence-corrected chi connectivity index (χ2v) is 6.63. The van der Waals surface area contributed by atoms with Crippen molar-refractivity contribution in [3.8, 4) is 0 Å². The molecular formula is C22H25N3O2. The first-order valence-corrected chi connectivity index (χ1v) is 9.45. The molecule has 1 atom stereocenters. The molecule has 5 nitrogen and oxygen atoms in total. The van der Waals surface area contributed by atoms with Crippen molar-refractivity contribution in [2.75, 3.05) is 6.54 Å². The minimum Gasteiger partial charge on any atom is -0.335 e. The number of para-hydroxylation sites is 1. The number of carbonyl (C=O) groups is 1. The fraction of sp³-hybridized carbons (Fsp3) is 0.318. The molecule has 1 unspecified atom stereocenters. The van der Waals surface area contributed by atoms with Gasteiger partial charge < -0.3 is 9.88 Å². The van der Waals surface area contributed by atoms with Crippen molar-refractivity contribution in [2.45, 2.75) is 39.2 Å². The van der Waals surface area contributed by atoms with Gasteiger partial charge >= 0.3 is 0 Å². The maximum atomic E-state index is 13.2. The predicted molar refractivity (Wildman–Crippen MR) is 108 cm³/mol. The number of H-pyrrole nitrogens is 1. The third-order valence-corrected chi connectivity index (χ3v) is 4.77. The molecule has 0 bridgehead atoms. The van der Waals surface area contributed by atoms with E-state index in [0.717, 1.165) is 18.4 Å². The van der Waals surface area contributed by atoms with Crippen LogP contribution in [0.1, 0.15) is 44.0 Å². The molecule has 0 saturated heterocycles. The van der Waals surface area contributed by atoms with Crippen LogP contribution in [0.5, 0.6) is 0 Å². The lowest BCUT2D eigenvalue weighted by Crippen LogP contribution is -2.35. The highest BCUT2D eigenvalue weighted by Crippen LogP contribution is 2.24. The number of nitrogens with zero attached hydrogens (tertiary/aromatic N) is 2. The van der Waals surface area contributed by atoms with Crippen molar-refractivity contribution in [1.29, 1.82) is 0 Å². The van der Waals surface area contributed by atoms with Crippen LogP contribution in [0, 0.1) is 0 Å². The van der Waals surface area contributed by atoms with E-state index in [9.17, 15) is 9.59 Å². The second kappa shape index (κ2) is 8.62. The van der Waals surface area contributed by atoms with Gasteiger partial charge in [-0.3, -0.25) is 9.59 Å². The lowest BCUT2D eigenvalue weighted by atomic mass is 9.93. The number of hydrogen-bond acceptors (Lipinski definition) is 3. The van der Waals surface area contributed by atoms with Gasteiger partial charge in [-0.1, -0.05) is 55.8 Å². The van der Waals surface area contributed by atoms with Crippen LogP contribution in [0.3, 0.4) is 0 Å². The van der Waals surface area contributed by atoms with E-state index in [1.54, 1.807) is 11.0 Å². The van der Waals surface area contributed by atoms with Gasteiger partial charge in [0.25, 0.3) is 5.56 Å². The first-order valence-electron chi connectivity index (χ1n) is 9.45. The van der Waals surface area contributed by atoms with E-state index in [0.29, 0.717) is 29.8 Å². The number of amides is 1. The van der Waals surface area contributed by atoms with Gasteiger partial charge in [0.1, 0.15) is 5.82 Å². The Morgan fingerprint density at radius 1 is 1.07 bits per heavy atom. The minimum absolute atomic E-state index is 0.0707. The summed E-state index contributed by atoms with van der Waals surface area (Å²) in [5.41, 5.74) is 1.50. The molecule has 1 N–H and O–H groups in total. The van der Waals surface area contributed by atoms with Crippen LogP contribution in [0.4, 0.5) is 0 Å². The lowest BCUT2D eigenvalue weighted by molar-refractivity contribution is -0.133. The molecule has 0 aliphatic rings. The third-order valence-electron chi connectivity index (χ3n) is 4.77. The van der Waals surface area contributed by atoms with Gasteiger partial charge in [0.15, 0.2) is 0 Å². The highest BCUT2D eigenvalue weighted by atomic mass is 16.2. The number of aromatic nitrogens is 2. The summed E-state index contributed by atoms with van der Waals surface area (Å²) in [7, 11) is 0. The summed E-state index contributed by atoms with van der Waals surface area (Å²) < 4.78 is 0. The third kappa shape index (κ3) is 4.25. The van der Waals surface area contributed by atoms with Crippen molar-refractivity contribution >= 4 is 16.8 Å². The first kappa shape index (κ1) is 18.8. The molecular weight excluding hydrogens is 338 g/mol. The normalized spacial score (nSPS) is 12.1. The van der Waals surface area contributed by atoms with Crippen LogP contribution in [0.25, 0.3) is 10.9 Å². The van der Waals surface area contributed by atoms with Gasteiger partial charge in [-0.2, -0.15) is 0 Å². The fourth-order valence-corrected chi connectivity index (χ4v) is 3.36. The monoisotopic (exact) mass is 363 g/mol. The molecule has 27 heavy (non-hydrogen) atoms. The van der Waals surface area contributed by atoms with Crippen LogP contribution in [0.15, 0.2) is 59.4 Å². The highest BCUT2D eigenvalue weighted by molar-refractivity contribution is 5.83. The lowest BCUT2D eigenvalue weighted by Gasteiger charge is -2.26. The Hall–Kier alpha value is -2.95. The summed E-state index contributed by atoms with van der Waals surface area (Å²) in [6.07, 6.45) is 1.72. The summed E-state index contributed by atoms with van der Waals surface area (Å²) in [5.74, 6) is 0.405. The first-order chi connectivity index (χ1) is 13.1. The Kier molecular flexibility index (Phi) is 6.01. The molecule has 0 radical (unpaired) electrons. The van der Waals surface area contributed by atoms with Crippen LogP contribution in [0.2, 0.25) is 0 Å². The number of likely N-dealkylation sites (N-methyl/N-ethyl adjacent to an activating group) is 1. The van der Waals surface area contributed by atoms with Crippen molar-refractivity contribution in [3.63, 3.8) is 0 Å². The Bertz CT molecular complexity index is 966. The minimum atomic E-state index is -0.177. The average molecular weight is 363 g/mol. The van der Waals surface area contributed by atoms with Gasteiger partial charge in [0.05, 0.1) is 23.4 Å². The average Bonchev–Trinajstić information content (AvgIpc) is 2.70. The van der Waals surface area contributed by atoms with E-state index < -0.39 is 0 Å². The zero-order valence-electron chi connectivity index (χ0n) is 15.8. The summed E-state index contributed by atoms with van der Waals surface area (Å²) in [6.45, 7) is 4.89. The van der Waals surface area contributed by atoms with E-state index in [4.69, 9.17) is 0 Å². The second-order valence-electron chi connectivity index (χ2n) is 6.63. The van der Waals surface area contributed by atoms with Crippen molar-refractivity contribution in [1.82, 2.24) is 14.9 Å². The number of rotatable bonds is 7. The van der Waals surface area contributed by atoms with E-state index in [2.05, 4.69) is 16.9 Å². The smallest absolute Gasteiger partial charge is 0.258 e. The SMILES string of the molecule is CCCC(C(=O)N(CC)Cc1nc2ccccc2c(=O)[nH]1)c1ccccc1. The zero-order chi connectivity index (χ0) is 19.2. The number of nitrogens with one attached hydrogen (secondary N) is 1. The summed E-state index contributed by atoms with van der Waals surface area (Å²) in [4.78, 5) is 34.6. The number of benzene rings is 2. The molecule has 0 aliphatic heterocycles. The molecule has 0 aliphatic carbocycles. The van der Waals surface area contributed by atoms with Crippen LogP contribution < -0.4 is 5.56 Å². The van der Waals surface area contributed by atoms with Crippen molar-refractivity contribution in [2.24, 2.45) is 0 Å². The molecule has 0 fully saturated rings. The molecule has 0 saturated carbocycles. The van der Waals surface area contributed by atoms with E-state index in [-0.39, 0.29) is 17.4 Å². The maximum Gasteiger partial charge on any atom is 0.258 e. The maximum absolute atomic E-state index is 13.2. The zero-order valence-corrected chi connectivity index (χ0v) is 15.8. The Morgan fingerprint density at radius 3 is 2.48 bits per heavy atom.